The number of hydrogen-bond donors (Lipinski definition) is 1. The lowest BCUT2D eigenvalue weighted by atomic mass is 10.1. The maximum Gasteiger partial charge on any atom is 0.338 e. The lowest BCUT2D eigenvalue weighted by Gasteiger charge is -2.15. The van der Waals surface area contributed by atoms with E-state index in [-0.39, 0.29) is 27.3 Å². The zero-order valence-corrected chi connectivity index (χ0v) is 18.7. The number of nitrogens with zero attached hydrogens (tertiary/aromatic N) is 1. The zero-order valence-electron chi connectivity index (χ0n) is 17.8. The molecule has 3 aromatic rings. The van der Waals surface area contributed by atoms with Gasteiger partial charge in [-0.1, -0.05) is 18.2 Å². The topological polar surface area (TPSA) is 127 Å². The molecule has 0 saturated carbocycles. The maximum atomic E-state index is 12.7. The molecule has 1 aliphatic rings. The Morgan fingerprint density at radius 1 is 0.882 bits per heavy atom. The SMILES string of the molecule is CS(=O)(=O)c1ccc(NC(=O)COC(=O)c2cccc(N3C(=O)c4ccccc4C3=O)c2)cc1. The van der Waals surface area contributed by atoms with Gasteiger partial charge in [-0.15, -0.1) is 0 Å². The van der Waals surface area contributed by atoms with E-state index in [1.807, 2.05) is 0 Å². The van der Waals surface area contributed by atoms with Gasteiger partial charge >= 0.3 is 5.97 Å². The van der Waals surface area contributed by atoms with Crippen LogP contribution in [0.15, 0.2) is 77.7 Å². The fourth-order valence-electron chi connectivity index (χ4n) is 3.39. The van der Waals surface area contributed by atoms with Crippen molar-refractivity contribution in [2.75, 3.05) is 23.1 Å². The van der Waals surface area contributed by atoms with Crippen LogP contribution in [0.1, 0.15) is 31.1 Å². The number of esters is 1. The van der Waals surface area contributed by atoms with Crippen LogP contribution in [0.2, 0.25) is 0 Å². The molecule has 3 aromatic carbocycles. The van der Waals surface area contributed by atoms with Gasteiger partial charge in [0.2, 0.25) is 0 Å². The number of nitrogens with one attached hydrogen (secondary N) is 1. The van der Waals surface area contributed by atoms with E-state index in [2.05, 4.69) is 5.32 Å². The second-order valence-electron chi connectivity index (χ2n) is 7.46. The molecule has 1 N–H and O–H groups in total. The summed E-state index contributed by atoms with van der Waals surface area (Å²) in [5, 5.41) is 2.50. The number of rotatable bonds is 6. The van der Waals surface area contributed by atoms with E-state index >= 15 is 0 Å². The Morgan fingerprint density at radius 3 is 2.09 bits per heavy atom. The first kappa shape index (κ1) is 22.9. The van der Waals surface area contributed by atoms with Crippen molar-refractivity contribution in [2.45, 2.75) is 4.90 Å². The Balaban J connectivity index is 1.40. The van der Waals surface area contributed by atoms with E-state index in [0.717, 1.165) is 11.2 Å². The Labute approximate surface area is 194 Å². The quantitative estimate of drug-likeness (QED) is 0.426. The highest BCUT2D eigenvalue weighted by Crippen LogP contribution is 2.28. The maximum absolute atomic E-state index is 12.7. The van der Waals surface area contributed by atoms with Crippen molar-refractivity contribution in [1.29, 1.82) is 0 Å². The summed E-state index contributed by atoms with van der Waals surface area (Å²) < 4.78 is 28.0. The predicted molar refractivity (Wildman–Crippen MR) is 122 cm³/mol. The zero-order chi connectivity index (χ0) is 24.5. The van der Waals surface area contributed by atoms with Crippen molar-refractivity contribution < 1.29 is 32.3 Å². The van der Waals surface area contributed by atoms with E-state index in [1.165, 1.54) is 48.5 Å². The molecule has 0 unspecified atom stereocenters. The first-order valence-electron chi connectivity index (χ1n) is 10.00. The third-order valence-corrected chi connectivity index (χ3v) is 6.16. The molecule has 3 amide bonds. The Bertz CT molecular complexity index is 1390. The van der Waals surface area contributed by atoms with Crippen LogP contribution in [0.25, 0.3) is 0 Å². The molecule has 0 atom stereocenters. The highest BCUT2D eigenvalue weighted by molar-refractivity contribution is 7.90. The fraction of sp³-hybridized carbons (Fsp3) is 0.0833. The van der Waals surface area contributed by atoms with Gasteiger partial charge in [0, 0.05) is 11.9 Å². The van der Waals surface area contributed by atoms with E-state index < -0.39 is 40.1 Å². The van der Waals surface area contributed by atoms with Crippen LogP contribution < -0.4 is 10.2 Å². The lowest BCUT2D eigenvalue weighted by Crippen LogP contribution is -2.29. The van der Waals surface area contributed by atoms with Gasteiger partial charge in [0.05, 0.1) is 27.3 Å². The molecule has 0 aliphatic carbocycles. The molecule has 172 valence electrons. The minimum atomic E-state index is -3.36. The third kappa shape index (κ3) is 4.57. The minimum absolute atomic E-state index is 0.0550. The summed E-state index contributed by atoms with van der Waals surface area (Å²) in [6.07, 6.45) is 1.07. The van der Waals surface area contributed by atoms with Gasteiger partial charge < -0.3 is 10.1 Å². The highest BCUT2D eigenvalue weighted by atomic mass is 32.2. The average molecular weight is 478 g/mol. The summed E-state index contributed by atoms with van der Waals surface area (Å²) >= 11 is 0. The van der Waals surface area contributed by atoms with Crippen LogP contribution in [0.5, 0.6) is 0 Å². The van der Waals surface area contributed by atoms with E-state index in [9.17, 15) is 27.6 Å². The predicted octanol–water partition coefficient (Wildman–Crippen LogP) is 2.69. The third-order valence-electron chi connectivity index (χ3n) is 5.03. The normalized spacial score (nSPS) is 12.9. The molecule has 0 saturated heterocycles. The summed E-state index contributed by atoms with van der Waals surface area (Å²) in [6, 6.07) is 17.8. The highest BCUT2D eigenvalue weighted by Gasteiger charge is 2.36. The van der Waals surface area contributed by atoms with Crippen molar-refractivity contribution in [2.24, 2.45) is 0 Å². The van der Waals surface area contributed by atoms with Crippen LogP contribution in [-0.2, 0) is 19.4 Å². The minimum Gasteiger partial charge on any atom is -0.452 e. The molecule has 0 aromatic heterocycles. The first-order chi connectivity index (χ1) is 16.1. The Morgan fingerprint density at radius 2 is 1.50 bits per heavy atom. The molecule has 9 nitrogen and oxygen atoms in total. The number of sulfone groups is 1. The number of carbonyl (C=O) groups excluding carboxylic acids is 4. The first-order valence-corrected chi connectivity index (χ1v) is 11.9. The number of imide groups is 1. The van der Waals surface area contributed by atoms with E-state index in [1.54, 1.807) is 24.3 Å². The number of anilines is 2. The fourth-order valence-corrected chi connectivity index (χ4v) is 4.02. The Kier molecular flexibility index (Phi) is 5.99. The second kappa shape index (κ2) is 8.91. The van der Waals surface area contributed by atoms with Gasteiger partial charge in [0.25, 0.3) is 17.7 Å². The van der Waals surface area contributed by atoms with Gasteiger partial charge in [-0.3, -0.25) is 14.4 Å². The molecular formula is C24H18N2O7S. The summed E-state index contributed by atoms with van der Waals surface area (Å²) in [6.45, 7) is -0.593. The van der Waals surface area contributed by atoms with Crippen LogP contribution in [0.4, 0.5) is 11.4 Å². The molecular weight excluding hydrogens is 460 g/mol. The number of carbonyl (C=O) groups is 4. The molecule has 1 heterocycles. The largest absolute Gasteiger partial charge is 0.452 e. The monoisotopic (exact) mass is 478 g/mol. The van der Waals surface area contributed by atoms with Gasteiger partial charge in [-0.2, -0.15) is 0 Å². The van der Waals surface area contributed by atoms with Gasteiger partial charge in [0.1, 0.15) is 0 Å². The van der Waals surface area contributed by atoms with Crippen molar-refractivity contribution in [3.63, 3.8) is 0 Å². The summed E-state index contributed by atoms with van der Waals surface area (Å²) in [5.41, 5.74) is 1.15. The van der Waals surface area contributed by atoms with Crippen molar-refractivity contribution in [3.8, 4) is 0 Å². The second-order valence-corrected chi connectivity index (χ2v) is 9.48. The van der Waals surface area contributed by atoms with Crippen LogP contribution in [0, 0.1) is 0 Å². The molecule has 1 aliphatic heterocycles. The number of benzene rings is 3. The van der Waals surface area contributed by atoms with Gasteiger partial charge in [0.15, 0.2) is 16.4 Å². The molecule has 4 rings (SSSR count). The summed E-state index contributed by atoms with van der Waals surface area (Å²) in [5.74, 6) is -2.43. The van der Waals surface area contributed by atoms with Crippen molar-refractivity contribution in [1.82, 2.24) is 0 Å². The molecule has 10 heteroatoms. The molecule has 0 fully saturated rings. The number of fused-ring (bicyclic) bond motifs is 1. The molecule has 0 radical (unpaired) electrons. The molecule has 34 heavy (non-hydrogen) atoms. The average Bonchev–Trinajstić information content (AvgIpc) is 3.07. The lowest BCUT2D eigenvalue weighted by molar-refractivity contribution is -0.119. The Hall–Kier alpha value is -4.31. The van der Waals surface area contributed by atoms with Crippen LogP contribution in [-0.4, -0.2) is 45.0 Å². The van der Waals surface area contributed by atoms with Gasteiger partial charge in [-0.05, 0) is 54.6 Å². The number of ether oxygens (including phenoxy) is 1. The van der Waals surface area contributed by atoms with E-state index in [0.29, 0.717) is 5.69 Å². The molecule has 0 spiro atoms. The van der Waals surface area contributed by atoms with Crippen molar-refractivity contribution >= 4 is 44.9 Å². The summed E-state index contributed by atoms with van der Waals surface area (Å²) in [7, 11) is -3.36. The smallest absolute Gasteiger partial charge is 0.338 e. The van der Waals surface area contributed by atoms with Crippen LogP contribution >= 0.6 is 0 Å². The van der Waals surface area contributed by atoms with Crippen LogP contribution in [0.3, 0.4) is 0 Å². The number of amides is 3. The van der Waals surface area contributed by atoms with E-state index in [4.69, 9.17) is 4.74 Å². The van der Waals surface area contributed by atoms with Crippen molar-refractivity contribution in [3.05, 3.63) is 89.5 Å². The van der Waals surface area contributed by atoms with Gasteiger partial charge in [-0.25, -0.2) is 18.1 Å². The number of hydrogen-bond acceptors (Lipinski definition) is 7. The molecule has 0 bridgehead atoms. The summed E-state index contributed by atoms with van der Waals surface area (Å²) in [4.78, 5) is 51.0. The standard InChI is InChI=1S/C24H18N2O7S/c1-34(31,32)18-11-9-16(10-12-18)25-21(27)14-33-24(30)15-5-4-6-17(13-15)26-22(28)19-7-2-3-8-20(19)23(26)29/h2-13H,14H2,1H3,(H,25,27).